The fourth-order valence-corrected chi connectivity index (χ4v) is 3.53. The number of H-pyrrole nitrogens is 1. The van der Waals surface area contributed by atoms with E-state index in [-0.39, 0.29) is 5.82 Å². The van der Waals surface area contributed by atoms with Crippen molar-refractivity contribution < 1.29 is 18.6 Å². The molecule has 0 radical (unpaired) electrons. The van der Waals surface area contributed by atoms with Crippen LogP contribution in [0.2, 0.25) is 0 Å². The highest BCUT2D eigenvalue weighted by Gasteiger charge is 2.25. The molecule has 34 heavy (non-hydrogen) atoms. The van der Waals surface area contributed by atoms with Gasteiger partial charge in [-0.2, -0.15) is 0 Å². The minimum Gasteiger partial charge on any atom is -0.497 e. The highest BCUT2D eigenvalue weighted by Crippen LogP contribution is 2.33. The van der Waals surface area contributed by atoms with E-state index in [0.29, 0.717) is 47.8 Å². The Bertz CT molecular complexity index is 1310. The molecule has 1 aliphatic heterocycles. The molecule has 1 fully saturated rings. The molecule has 5 rings (SSSR count). The molecule has 172 valence electrons. The molecule has 0 spiro atoms. The number of benzene rings is 2. The van der Waals surface area contributed by atoms with Gasteiger partial charge in [-0.05, 0) is 48.0 Å². The van der Waals surface area contributed by atoms with Crippen LogP contribution in [0.5, 0.6) is 5.75 Å². The summed E-state index contributed by atoms with van der Waals surface area (Å²) in [6, 6.07) is 15.3. The van der Waals surface area contributed by atoms with Gasteiger partial charge in [0.25, 0.3) is 0 Å². The van der Waals surface area contributed by atoms with E-state index < -0.39 is 6.29 Å². The van der Waals surface area contributed by atoms with Gasteiger partial charge in [-0.3, -0.25) is 0 Å². The molecule has 3 heterocycles. The van der Waals surface area contributed by atoms with Crippen molar-refractivity contribution in [2.45, 2.75) is 6.29 Å². The summed E-state index contributed by atoms with van der Waals surface area (Å²) in [5, 5.41) is 3.19. The van der Waals surface area contributed by atoms with Crippen LogP contribution < -0.4 is 10.1 Å². The Morgan fingerprint density at radius 2 is 1.88 bits per heavy atom. The van der Waals surface area contributed by atoms with Gasteiger partial charge in [0.05, 0.1) is 37.4 Å². The van der Waals surface area contributed by atoms with Gasteiger partial charge < -0.3 is 24.5 Å². The second-order valence-corrected chi connectivity index (χ2v) is 7.68. The molecule has 2 N–H and O–H groups in total. The molecular formula is C25H22FN5O3. The van der Waals surface area contributed by atoms with Crippen molar-refractivity contribution in [3.05, 3.63) is 84.6 Å². The third kappa shape index (κ3) is 4.66. The van der Waals surface area contributed by atoms with Gasteiger partial charge in [0.15, 0.2) is 5.82 Å². The van der Waals surface area contributed by atoms with Gasteiger partial charge in [-0.25, -0.2) is 19.3 Å². The number of aromatic nitrogens is 4. The normalized spacial score (nSPS) is 14.2. The van der Waals surface area contributed by atoms with Crippen molar-refractivity contribution in [1.29, 1.82) is 0 Å². The average molecular weight is 459 g/mol. The maximum Gasteiger partial charge on any atom is 0.227 e. The number of aromatic amines is 1. The molecule has 2 aromatic heterocycles. The lowest BCUT2D eigenvalue weighted by Gasteiger charge is -2.22. The Kier molecular flexibility index (Phi) is 6.03. The molecule has 9 heteroatoms. The zero-order valence-corrected chi connectivity index (χ0v) is 18.4. The van der Waals surface area contributed by atoms with E-state index in [1.54, 1.807) is 31.5 Å². The monoisotopic (exact) mass is 459 g/mol. The number of nitrogens with zero attached hydrogens (tertiary/aromatic N) is 3. The smallest absolute Gasteiger partial charge is 0.227 e. The molecule has 2 aromatic carbocycles. The van der Waals surface area contributed by atoms with Crippen LogP contribution >= 0.6 is 0 Å². The first-order valence-corrected chi connectivity index (χ1v) is 10.6. The van der Waals surface area contributed by atoms with E-state index in [2.05, 4.69) is 26.8 Å². The van der Waals surface area contributed by atoms with Gasteiger partial charge in [0.1, 0.15) is 11.6 Å². The van der Waals surface area contributed by atoms with Crippen molar-refractivity contribution in [3.8, 4) is 28.4 Å². The fraction of sp³-hybridized carbons (Fsp3) is 0.160. The first-order chi connectivity index (χ1) is 16.6. The maximum absolute atomic E-state index is 13.6. The van der Waals surface area contributed by atoms with Crippen molar-refractivity contribution >= 4 is 11.6 Å². The van der Waals surface area contributed by atoms with E-state index in [9.17, 15) is 4.39 Å². The van der Waals surface area contributed by atoms with Crippen LogP contribution in [0.25, 0.3) is 22.6 Å². The van der Waals surface area contributed by atoms with E-state index in [1.165, 1.54) is 12.1 Å². The molecule has 4 aromatic rings. The van der Waals surface area contributed by atoms with E-state index >= 15 is 0 Å². The van der Waals surface area contributed by atoms with Crippen LogP contribution in [0.4, 0.5) is 16.0 Å². The van der Waals surface area contributed by atoms with Crippen LogP contribution in [-0.4, -0.2) is 40.3 Å². The quantitative estimate of drug-likeness (QED) is 0.391. The Hall–Kier alpha value is -4.08. The summed E-state index contributed by atoms with van der Waals surface area (Å²) in [5.41, 5.74) is 4.18. The summed E-state index contributed by atoms with van der Waals surface area (Å²) in [6.07, 6.45) is 0.979. The Labute approximate surface area is 195 Å². The van der Waals surface area contributed by atoms with Crippen molar-refractivity contribution in [2.24, 2.45) is 0 Å². The van der Waals surface area contributed by atoms with Crippen LogP contribution in [0, 0.1) is 5.82 Å². The molecule has 0 unspecified atom stereocenters. The van der Waals surface area contributed by atoms with E-state index in [4.69, 9.17) is 19.2 Å². The predicted octanol–water partition coefficient (Wildman–Crippen LogP) is 5.03. The van der Waals surface area contributed by atoms with Gasteiger partial charge >= 0.3 is 0 Å². The second kappa shape index (κ2) is 9.42. The van der Waals surface area contributed by atoms with Crippen LogP contribution in [0.15, 0.2) is 72.9 Å². The Morgan fingerprint density at radius 3 is 2.65 bits per heavy atom. The molecule has 8 nitrogen and oxygen atoms in total. The van der Waals surface area contributed by atoms with Crippen molar-refractivity contribution in [3.63, 3.8) is 0 Å². The number of nitrogens with one attached hydrogen (secondary N) is 2. The van der Waals surface area contributed by atoms with Crippen LogP contribution in [0.3, 0.4) is 0 Å². The number of ether oxygens (including phenoxy) is 3. The van der Waals surface area contributed by atoms with E-state index in [1.807, 2.05) is 24.3 Å². The SMILES string of the molecule is C=C1COC(c2nc(-c3ccc(F)cc3)c(-c3ccnc(Nc4cccc(OC)c4)n3)[nH]2)OC1. The number of anilines is 2. The molecule has 0 aliphatic carbocycles. The number of methoxy groups -OCH3 is 1. The first-order valence-electron chi connectivity index (χ1n) is 10.6. The van der Waals surface area contributed by atoms with Gasteiger partial charge in [0.2, 0.25) is 12.2 Å². The van der Waals surface area contributed by atoms with Crippen LogP contribution in [0.1, 0.15) is 12.1 Å². The molecule has 0 amide bonds. The summed E-state index contributed by atoms with van der Waals surface area (Å²) >= 11 is 0. The highest BCUT2D eigenvalue weighted by molar-refractivity contribution is 5.77. The zero-order valence-electron chi connectivity index (χ0n) is 18.4. The fourth-order valence-electron chi connectivity index (χ4n) is 3.53. The van der Waals surface area contributed by atoms with E-state index in [0.717, 1.165) is 16.8 Å². The highest BCUT2D eigenvalue weighted by atomic mass is 19.1. The van der Waals surface area contributed by atoms with Gasteiger partial charge in [0, 0.05) is 23.5 Å². The summed E-state index contributed by atoms with van der Waals surface area (Å²) in [6.45, 7) is 4.64. The second-order valence-electron chi connectivity index (χ2n) is 7.68. The van der Waals surface area contributed by atoms with Crippen LogP contribution in [-0.2, 0) is 9.47 Å². The number of imidazole rings is 1. The minimum atomic E-state index is -0.672. The largest absolute Gasteiger partial charge is 0.497 e. The first kappa shape index (κ1) is 21.7. The third-order valence-electron chi connectivity index (χ3n) is 5.18. The lowest BCUT2D eigenvalue weighted by atomic mass is 10.1. The van der Waals surface area contributed by atoms with Crippen molar-refractivity contribution in [1.82, 2.24) is 19.9 Å². The summed E-state index contributed by atoms with van der Waals surface area (Å²) in [4.78, 5) is 17.0. The molecule has 0 saturated carbocycles. The number of rotatable bonds is 6. The molecule has 1 saturated heterocycles. The number of halogens is 1. The molecular weight excluding hydrogens is 437 g/mol. The molecule has 0 atom stereocenters. The van der Waals surface area contributed by atoms with Gasteiger partial charge in [-0.15, -0.1) is 0 Å². The summed E-state index contributed by atoms with van der Waals surface area (Å²) in [7, 11) is 1.61. The number of hydrogen-bond donors (Lipinski definition) is 2. The zero-order chi connectivity index (χ0) is 23.5. The summed E-state index contributed by atoms with van der Waals surface area (Å²) < 4.78 is 30.3. The maximum atomic E-state index is 13.6. The standard InChI is InChI=1S/C25H22FN5O3/c1-15-13-33-24(34-14-15)23-30-21(16-6-8-17(26)9-7-16)22(31-23)20-10-11-27-25(29-20)28-18-4-3-5-19(12-18)32-2/h3-12,24H,1,13-14H2,2H3,(H,30,31)(H,27,28,29). The van der Waals surface area contributed by atoms with Crippen molar-refractivity contribution in [2.75, 3.05) is 25.6 Å². The van der Waals surface area contributed by atoms with Gasteiger partial charge in [-0.1, -0.05) is 12.6 Å². The number of hydrogen-bond acceptors (Lipinski definition) is 7. The third-order valence-corrected chi connectivity index (χ3v) is 5.18. The predicted molar refractivity (Wildman–Crippen MR) is 125 cm³/mol. The lowest BCUT2D eigenvalue weighted by molar-refractivity contribution is -0.165. The average Bonchev–Trinajstić information content (AvgIpc) is 3.31. The Balaban J connectivity index is 1.52. The summed E-state index contributed by atoms with van der Waals surface area (Å²) in [5.74, 6) is 1.27. The molecule has 1 aliphatic rings. The molecule has 0 bridgehead atoms. The topological polar surface area (TPSA) is 94.2 Å². The Morgan fingerprint density at radius 1 is 1.09 bits per heavy atom. The minimum absolute atomic E-state index is 0.328. The lowest BCUT2D eigenvalue weighted by Crippen LogP contribution is -2.20.